The molecular weight excluding hydrogens is 345 g/mol. The number of carbonyl (C=O) groups excluding carboxylic acids is 1. The lowest BCUT2D eigenvalue weighted by molar-refractivity contribution is 0.0727. The normalized spacial score (nSPS) is 12.9. The fourth-order valence-electron chi connectivity index (χ4n) is 3.31. The molecule has 0 saturated heterocycles. The van der Waals surface area contributed by atoms with Gasteiger partial charge in [-0.2, -0.15) is 10.4 Å². The zero-order valence-corrected chi connectivity index (χ0v) is 14.5. The molecule has 134 valence electrons. The summed E-state index contributed by atoms with van der Waals surface area (Å²) in [4.78, 5) is 12.7. The summed E-state index contributed by atoms with van der Waals surface area (Å²) in [6.07, 6.45) is 3.57. The third-order valence-electron chi connectivity index (χ3n) is 4.64. The fraction of sp³-hybridized carbons (Fsp3) is 0.190. The molecule has 1 aromatic heterocycles. The first-order valence-corrected chi connectivity index (χ1v) is 8.75. The first kappa shape index (κ1) is 17.0. The van der Waals surface area contributed by atoms with Crippen molar-refractivity contribution in [2.45, 2.75) is 25.7 Å². The van der Waals surface area contributed by atoms with Crippen molar-refractivity contribution in [2.75, 3.05) is 0 Å². The molecular formula is C21H16FN3O2. The van der Waals surface area contributed by atoms with Crippen molar-refractivity contribution in [2.24, 2.45) is 0 Å². The van der Waals surface area contributed by atoms with E-state index in [1.54, 1.807) is 41.1 Å². The maximum atomic E-state index is 13.2. The minimum absolute atomic E-state index is 0.290. The molecule has 2 aromatic carbocycles. The van der Waals surface area contributed by atoms with Gasteiger partial charge in [-0.1, -0.05) is 0 Å². The Morgan fingerprint density at radius 3 is 2.48 bits per heavy atom. The monoisotopic (exact) mass is 361 g/mol. The second-order valence-electron chi connectivity index (χ2n) is 6.39. The number of carbonyl (C=O) groups is 1. The van der Waals surface area contributed by atoms with Crippen LogP contribution in [0.1, 0.15) is 40.2 Å². The molecule has 0 fully saturated rings. The van der Waals surface area contributed by atoms with Gasteiger partial charge in [0.25, 0.3) is 0 Å². The van der Waals surface area contributed by atoms with Crippen LogP contribution in [0.3, 0.4) is 0 Å². The van der Waals surface area contributed by atoms with Crippen LogP contribution >= 0.6 is 0 Å². The Bertz CT molecular complexity index is 1030. The topological polar surface area (TPSA) is 67.9 Å². The minimum atomic E-state index is -0.529. The van der Waals surface area contributed by atoms with Crippen molar-refractivity contribution < 1.29 is 13.9 Å². The maximum Gasteiger partial charge on any atom is 0.364 e. The lowest BCUT2D eigenvalue weighted by Gasteiger charge is -2.14. The Balaban J connectivity index is 1.68. The molecule has 27 heavy (non-hydrogen) atoms. The largest absolute Gasteiger partial charge is 0.422 e. The van der Waals surface area contributed by atoms with Gasteiger partial charge >= 0.3 is 5.97 Å². The molecule has 0 N–H and O–H groups in total. The summed E-state index contributed by atoms with van der Waals surface area (Å²) in [5, 5.41) is 13.3. The number of aromatic nitrogens is 2. The fourth-order valence-corrected chi connectivity index (χ4v) is 3.31. The molecule has 0 saturated carbocycles. The molecule has 1 aliphatic rings. The molecule has 0 spiro atoms. The van der Waals surface area contributed by atoms with Gasteiger partial charge < -0.3 is 4.74 Å². The highest BCUT2D eigenvalue weighted by molar-refractivity contribution is 5.91. The first-order chi connectivity index (χ1) is 13.2. The average molecular weight is 361 g/mol. The van der Waals surface area contributed by atoms with Crippen LogP contribution in [0.15, 0.2) is 48.5 Å². The zero-order chi connectivity index (χ0) is 18.8. The number of hydrogen-bond acceptors (Lipinski definition) is 4. The van der Waals surface area contributed by atoms with Gasteiger partial charge in [0.15, 0.2) is 5.69 Å². The Labute approximate surface area is 155 Å². The standard InChI is InChI=1S/C21H16FN3O2/c22-15-7-9-16(10-8-15)25-19-4-2-1-3-18(19)20(24-25)21(26)27-17-11-5-14(13-23)6-12-17/h5-12H,1-4H2. The second-order valence-corrected chi connectivity index (χ2v) is 6.39. The van der Waals surface area contributed by atoms with Gasteiger partial charge in [-0.25, -0.2) is 13.9 Å². The minimum Gasteiger partial charge on any atom is -0.422 e. The highest BCUT2D eigenvalue weighted by atomic mass is 19.1. The van der Waals surface area contributed by atoms with Crippen LogP contribution in [-0.4, -0.2) is 15.7 Å². The second kappa shape index (κ2) is 7.04. The van der Waals surface area contributed by atoms with Crippen molar-refractivity contribution in [1.29, 1.82) is 5.26 Å². The quantitative estimate of drug-likeness (QED) is 0.523. The summed E-state index contributed by atoms with van der Waals surface area (Å²) < 4.78 is 20.4. The van der Waals surface area contributed by atoms with Crippen LogP contribution in [0.2, 0.25) is 0 Å². The maximum absolute atomic E-state index is 13.2. The van der Waals surface area contributed by atoms with E-state index in [9.17, 15) is 9.18 Å². The van der Waals surface area contributed by atoms with Crippen molar-refractivity contribution in [1.82, 2.24) is 9.78 Å². The summed E-state index contributed by atoms with van der Waals surface area (Å²) in [5.74, 6) is -0.487. The molecule has 0 aliphatic heterocycles. The molecule has 1 aliphatic carbocycles. The molecule has 1 heterocycles. The van der Waals surface area contributed by atoms with E-state index in [0.717, 1.165) is 36.9 Å². The molecule has 0 radical (unpaired) electrons. The molecule has 0 unspecified atom stereocenters. The van der Waals surface area contributed by atoms with Crippen LogP contribution in [0.5, 0.6) is 5.75 Å². The third-order valence-corrected chi connectivity index (χ3v) is 4.64. The summed E-state index contributed by atoms with van der Waals surface area (Å²) in [6, 6.07) is 14.4. The number of esters is 1. The van der Waals surface area contributed by atoms with Crippen LogP contribution in [0.25, 0.3) is 5.69 Å². The predicted molar refractivity (Wildman–Crippen MR) is 96.3 cm³/mol. The molecule has 5 nitrogen and oxygen atoms in total. The van der Waals surface area contributed by atoms with Crippen LogP contribution in [0.4, 0.5) is 4.39 Å². The van der Waals surface area contributed by atoms with Gasteiger partial charge in [-0.15, -0.1) is 0 Å². The summed E-state index contributed by atoms with van der Waals surface area (Å²) in [5.41, 5.74) is 3.36. The Hall–Kier alpha value is -3.46. The van der Waals surface area contributed by atoms with Crippen molar-refractivity contribution in [3.05, 3.63) is 76.9 Å². The van der Waals surface area contributed by atoms with E-state index in [1.807, 2.05) is 6.07 Å². The molecule has 0 atom stereocenters. The van der Waals surface area contributed by atoms with Gasteiger partial charge in [0.2, 0.25) is 0 Å². The lowest BCUT2D eigenvalue weighted by atomic mass is 9.95. The summed E-state index contributed by atoms with van der Waals surface area (Å²) in [6.45, 7) is 0. The van der Waals surface area contributed by atoms with Crippen molar-refractivity contribution >= 4 is 5.97 Å². The summed E-state index contributed by atoms with van der Waals surface area (Å²) >= 11 is 0. The van der Waals surface area contributed by atoms with Gasteiger partial charge in [0.05, 0.1) is 17.3 Å². The zero-order valence-electron chi connectivity index (χ0n) is 14.5. The van der Waals surface area contributed by atoms with Crippen LogP contribution in [0, 0.1) is 17.1 Å². The van der Waals surface area contributed by atoms with Crippen LogP contribution < -0.4 is 4.74 Å². The Morgan fingerprint density at radius 2 is 1.78 bits per heavy atom. The third kappa shape index (κ3) is 3.32. The van der Waals surface area contributed by atoms with Crippen LogP contribution in [-0.2, 0) is 12.8 Å². The van der Waals surface area contributed by atoms with Crippen molar-refractivity contribution in [3.8, 4) is 17.5 Å². The van der Waals surface area contributed by atoms with Gasteiger partial charge in [-0.05, 0) is 74.2 Å². The number of nitriles is 1. The smallest absolute Gasteiger partial charge is 0.364 e. The number of rotatable bonds is 3. The predicted octanol–water partition coefficient (Wildman–Crippen LogP) is 3.98. The number of hydrogen-bond donors (Lipinski definition) is 0. The van der Waals surface area contributed by atoms with Crippen molar-refractivity contribution in [3.63, 3.8) is 0 Å². The van der Waals surface area contributed by atoms with E-state index < -0.39 is 5.97 Å². The van der Waals surface area contributed by atoms with E-state index in [2.05, 4.69) is 5.10 Å². The summed E-state index contributed by atoms with van der Waals surface area (Å²) in [7, 11) is 0. The van der Waals surface area contributed by atoms with E-state index in [1.165, 1.54) is 12.1 Å². The first-order valence-electron chi connectivity index (χ1n) is 8.75. The number of fused-ring (bicyclic) bond motifs is 1. The number of halogens is 1. The molecule has 6 heteroatoms. The highest BCUT2D eigenvalue weighted by Crippen LogP contribution is 2.28. The number of benzene rings is 2. The van der Waals surface area contributed by atoms with E-state index >= 15 is 0 Å². The molecule has 0 amide bonds. The van der Waals surface area contributed by atoms with E-state index in [4.69, 9.17) is 10.00 Å². The molecule has 0 bridgehead atoms. The number of ether oxygens (including phenoxy) is 1. The average Bonchev–Trinajstić information content (AvgIpc) is 3.09. The number of nitrogens with zero attached hydrogens (tertiary/aromatic N) is 3. The van der Waals surface area contributed by atoms with Gasteiger partial charge in [0, 0.05) is 11.3 Å². The lowest BCUT2D eigenvalue weighted by Crippen LogP contribution is -2.13. The molecule has 4 rings (SSSR count). The Kier molecular flexibility index (Phi) is 4.43. The van der Waals surface area contributed by atoms with E-state index in [0.29, 0.717) is 22.7 Å². The van der Waals surface area contributed by atoms with Gasteiger partial charge in [-0.3, -0.25) is 0 Å². The van der Waals surface area contributed by atoms with E-state index in [-0.39, 0.29) is 5.82 Å². The SMILES string of the molecule is N#Cc1ccc(OC(=O)c2nn(-c3ccc(F)cc3)c3c2CCCC3)cc1. The Morgan fingerprint density at radius 1 is 1.07 bits per heavy atom. The van der Waals surface area contributed by atoms with Gasteiger partial charge in [0.1, 0.15) is 11.6 Å². The molecule has 3 aromatic rings. The highest BCUT2D eigenvalue weighted by Gasteiger charge is 2.26.